The molecule has 0 saturated carbocycles. The van der Waals surface area contributed by atoms with Crippen molar-refractivity contribution in [1.29, 1.82) is 0 Å². The number of nitro benzene ring substituents is 1. The van der Waals surface area contributed by atoms with Crippen LogP contribution in [0.4, 0.5) is 5.69 Å². The summed E-state index contributed by atoms with van der Waals surface area (Å²) in [5, 5.41) is 11.0. The fraction of sp³-hybridized carbons (Fsp3) is 0.351. The Labute approximate surface area is 258 Å². The Morgan fingerprint density at radius 2 is 1.30 bits per heavy atom. The molecule has 0 N–H and O–H groups in total. The van der Waals surface area contributed by atoms with E-state index in [0.717, 1.165) is 52.1 Å². The summed E-state index contributed by atoms with van der Waals surface area (Å²) in [6.07, 6.45) is 2.42. The minimum absolute atomic E-state index is 0.0385. The molecular weight excluding hydrogens is 552 g/mol. The third-order valence-corrected chi connectivity index (χ3v) is 8.97. The van der Waals surface area contributed by atoms with Crippen LogP contribution in [0, 0.1) is 20.9 Å². The highest BCUT2D eigenvalue weighted by Crippen LogP contribution is 2.54. The molecule has 0 fully saturated rings. The van der Waals surface area contributed by atoms with E-state index in [1.54, 1.807) is 12.1 Å². The van der Waals surface area contributed by atoms with Crippen molar-refractivity contribution in [1.82, 2.24) is 4.90 Å². The van der Waals surface area contributed by atoms with E-state index >= 15 is 0 Å². The molecular formula is C37H38N2O5. The van der Waals surface area contributed by atoms with E-state index < -0.39 is 10.8 Å². The highest BCUT2D eigenvalue weighted by Gasteiger charge is 2.48. The lowest BCUT2D eigenvalue weighted by atomic mass is 9.63. The Morgan fingerprint density at radius 3 is 1.82 bits per heavy atom. The van der Waals surface area contributed by atoms with Gasteiger partial charge in [-0.05, 0) is 64.6 Å². The molecule has 3 aromatic carbocycles. The molecule has 3 aromatic rings. The van der Waals surface area contributed by atoms with Crippen molar-refractivity contribution in [2.75, 3.05) is 0 Å². The summed E-state index contributed by atoms with van der Waals surface area (Å²) in [7, 11) is 0. The molecule has 0 atom stereocenters. The number of Topliss-reactive ketones (excluding diaryl/α,β-unsaturated/α-hetero) is 2. The maximum atomic E-state index is 14.0. The van der Waals surface area contributed by atoms with Gasteiger partial charge in [0.05, 0.1) is 4.92 Å². The van der Waals surface area contributed by atoms with E-state index in [4.69, 9.17) is 4.74 Å². The second kappa shape index (κ2) is 11.2. The third-order valence-electron chi connectivity index (χ3n) is 8.97. The summed E-state index contributed by atoms with van der Waals surface area (Å²) in [6.45, 7) is 9.50. The number of hydrogen-bond acceptors (Lipinski definition) is 6. The second-order valence-corrected chi connectivity index (χ2v) is 13.9. The molecule has 0 radical (unpaired) electrons. The van der Waals surface area contributed by atoms with Gasteiger partial charge in [0.1, 0.15) is 12.4 Å². The van der Waals surface area contributed by atoms with Gasteiger partial charge in [0.25, 0.3) is 5.69 Å². The molecule has 2 aliphatic carbocycles. The number of nitro groups is 1. The molecule has 1 heterocycles. The maximum Gasteiger partial charge on any atom is 0.269 e. The zero-order valence-corrected chi connectivity index (χ0v) is 25.8. The molecule has 7 heteroatoms. The van der Waals surface area contributed by atoms with Gasteiger partial charge in [-0.3, -0.25) is 19.7 Å². The van der Waals surface area contributed by atoms with Crippen LogP contribution in [0.15, 0.2) is 101 Å². The SMILES string of the molecule is CC1(C)CC(=O)C2=C(C1)N(Cc1ccccc1)C1=C(C(=O)CC(C)(C)C1)C2c1ccc(OCc2ccc([N+](=O)[O-])cc2)cc1. The molecule has 0 amide bonds. The summed E-state index contributed by atoms with van der Waals surface area (Å²) in [5.74, 6) is 0.455. The number of nitrogens with zero attached hydrogens (tertiary/aromatic N) is 2. The predicted octanol–water partition coefficient (Wildman–Crippen LogP) is 8.06. The van der Waals surface area contributed by atoms with Crippen molar-refractivity contribution in [2.45, 2.75) is 72.4 Å². The Kier molecular flexibility index (Phi) is 7.52. The van der Waals surface area contributed by atoms with Crippen molar-refractivity contribution in [2.24, 2.45) is 10.8 Å². The van der Waals surface area contributed by atoms with Gasteiger partial charge in [-0.15, -0.1) is 0 Å². The summed E-state index contributed by atoms with van der Waals surface area (Å²) >= 11 is 0. The number of carbonyl (C=O) groups is 2. The van der Waals surface area contributed by atoms with E-state index in [1.807, 2.05) is 42.5 Å². The molecule has 0 bridgehead atoms. The number of allylic oxidation sites excluding steroid dienone is 4. The molecule has 0 aromatic heterocycles. The smallest absolute Gasteiger partial charge is 0.269 e. The van der Waals surface area contributed by atoms with Gasteiger partial charge in [0, 0.05) is 60.0 Å². The minimum atomic E-state index is -0.423. The Bertz CT molecular complexity index is 1630. The number of rotatable bonds is 7. The molecule has 0 unspecified atom stereocenters. The van der Waals surface area contributed by atoms with Crippen LogP contribution in [0.1, 0.15) is 76.0 Å². The summed E-state index contributed by atoms with van der Waals surface area (Å²) < 4.78 is 5.99. The van der Waals surface area contributed by atoms with Crippen molar-refractivity contribution >= 4 is 17.3 Å². The lowest BCUT2D eigenvalue weighted by Crippen LogP contribution is -2.44. The van der Waals surface area contributed by atoms with Gasteiger partial charge < -0.3 is 9.64 Å². The monoisotopic (exact) mass is 590 g/mol. The lowest BCUT2D eigenvalue weighted by Gasteiger charge is -2.49. The van der Waals surface area contributed by atoms with Crippen molar-refractivity contribution in [3.05, 3.63) is 128 Å². The fourth-order valence-corrected chi connectivity index (χ4v) is 6.97. The van der Waals surface area contributed by atoms with Crippen LogP contribution in [0.5, 0.6) is 5.75 Å². The van der Waals surface area contributed by atoms with Gasteiger partial charge in [0.2, 0.25) is 0 Å². The van der Waals surface area contributed by atoms with Crippen LogP contribution in [-0.2, 0) is 22.7 Å². The van der Waals surface area contributed by atoms with E-state index in [0.29, 0.717) is 25.1 Å². The zero-order chi connectivity index (χ0) is 31.2. The lowest BCUT2D eigenvalue weighted by molar-refractivity contribution is -0.384. The quantitative estimate of drug-likeness (QED) is 0.204. The van der Waals surface area contributed by atoms with Crippen LogP contribution >= 0.6 is 0 Å². The van der Waals surface area contributed by atoms with Gasteiger partial charge >= 0.3 is 0 Å². The number of benzene rings is 3. The van der Waals surface area contributed by atoms with Crippen LogP contribution in [0.2, 0.25) is 0 Å². The molecule has 0 saturated heterocycles. The second-order valence-electron chi connectivity index (χ2n) is 13.9. The first-order chi connectivity index (χ1) is 20.9. The number of ketones is 2. The first-order valence-corrected chi connectivity index (χ1v) is 15.2. The summed E-state index contributed by atoms with van der Waals surface area (Å²) in [4.78, 5) is 40.9. The Balaban J connectivity index is 1.38. The fourth-order valence-electron chi connectivity index (χ4n) is 6.97. The third kappa shape index (κ3) is 5.83. The van der Waals surface area contributed by atoms with Crippen LogP contribution in [0.25, 0.3) is 0 Å². The molecule has 3 aliphatic rings. The molecule has 226 valence electrons. The first-order valence-electron chi connectivity index (χ1n) is 15.2. The van der Waals surface area contributed by atoms with Crippen molar-refractivity contribution in [3.63, 3.8) is 0 Å². The van der Waals surface area contributed by atoms with Crippen LogP contribution in [0.3, 0.4) is 0 Å². The van der Waals surface area contributed by atoms with Gasteiger partial charge in [-0.2, -0.15) is 0 Å². The zero-order valence-electron chi connectivity index (χ0n) is 25.8. The largest absolute Gasteiger partial charge is 0.489 e. The standard InChI is InChI=1S/C37H38N2O5/c1-36(2)18-29-34(31(40)20-36)33(26-12-16-28(17-13-26)44-23-25-10-14-27(15-11-25)39(42)43)35-30(19-37(3,4)21-32(35)41)38(29)22-24-8-6-5-7-9-24/h5-17,33H,18-23H2,1-4H3. The van der Waals surface area contributed by atoms with Crippen molar-refractivity contribution < 1.29 is 19.2 Å². The summed E-state index contributed by atoms with van der Waals surface area (Å²) in [5.41, 5.74) is 6.15. The highest BCUT2D eigenvalue weighted by atomic mass is 16.6. The molecule has 7 nitrogen and oxygen atoms in total. The highest BCUT2D eigenvalue weighted by molar-refractivity contribution is 6.06. The minimum Gasteiger partial charge on any atom is -0.489 e. The first kappa shape index (κ1) is 29.5. The predicted molar refractivity (Wildman–Crippen MR) is 169 cm³/mol. The molecule has 0 spiro atoms. The number of hydrogen-bond donors (Lipinski definition) is 0. The molecule has 6 rings (SSSR count). The van der Waals surface area contributed by atoms with Gasteiger partial charge in [-0.25, -0.2) is 0 Å². The molecule has 1 aliphatic heterocycles. The van der Waals surface area contributed by atoms with E-state index in [1.165, 1.54) is 12.1 Å². The Hall–Kier alpha value is -4.52. The normalized spacial score (nSPS) is 19.5. The molecule has 44 heavy (non-hydrogen) atoms. The van der Waals surface area contributed by atoms with Crippen LogP contribution in [-0.4, -0.2) is 21.4 Å². The van der Waals surface area contributed by atoms with Crippen molar-refractivity contribution in [3.8, 4) is 5.75 Å². The number of carbonyl (C=O) groups excluding carboxylic acids is 2. The van der Waals surface area contributed by atoms with Gasteiger partial charge in [0.15, 0.2) is 11.6 Å². The van der Waals surface area contributed by atoms with Crippen LogP contribution < -0.4 is 4.74 Å². The van der Waals surface area contributed by atoms with E-state index in [-0.39, 0.29) is 34.7 Å². The Morgan fingerprint density at radius 1 is 0.750 bits per heavy atom. The van der Waals surface area contributed by atoms with Gasteiger partial charge in [-0.1, -0.05) is 70.2 Å². The average Bonchev–Trinajstić information content (AvgIpc) is 2.96. The topological polar surface area (TPSA) is 89.8 Å². The summed E-state index contributed by atoms with van der Waals surface area (Å²) in [6, 6.07) is 24.3. The average molecular weight is 591 g/mol. The van der Waals surface area contributed by atoms with E-state index in [9.17, 15) is 19.7 Å². The van der Waals surface area contributed by atoms with E-state index in [2.05, 4.69) is 44.7 Å². The number of ether oxygens (including phenoxy) is 1. The number of non-ortho nitro benzene ring substituents is 1. The maximum absolute atomic E-state index is 14.0.